The van der Waals surface area contributed by atoms with Gasteiger partial charge in [-0.25, -0.2) is 0 Å². The highest BCUT2D eigenvalue weighted by Crippen LogP contribution is 2.16. The fraction of sp³-hybridized carbons (Fsp3) is 0.923. The van der Waals surface area contributed by atoms with Crippen molar-refractivity contribution in [2.24, 2.45) is 0 Å². The summed E-state index contributed by atoms with van der Waals surface area (Å²) in [7, 11) is 0. The third-order valence-electron chi connectivity index (χ3n) is 6.19. The van der Waals surface area contributed by atoms with Crippen LogP contribution in [0.25, 0.3) is 0 Å². The highest BCUT2D eigenvalue weighted by molar-refractivity contribution is 4.86. The predicted molar refractivity (Wildman–Crippen MR) is 127 cm³/mol. The summed E-state index contributed by atoms with van der Waals surface area (Å²) in [6.07, 6.45) is 21.8. The van der Waals surface area contributed by atoms with Gasteiger partial charge in [-0.1, -0.05) is 89.7 Å². The fourth-order valence-corrected chi connectivity index (χ4v) is 4.02. The van der Waals surface area contributed by atoms with Gasteiger partial charge in [-0.15, -0.1) is 0 Å². The molecular formula is C26H50O5. The number of unbranched alkanes of at least 4 members (excludes halogenated alkanes) is 14. The van der Waals surface area contributed by atoms with Crippen molar-refractivity contribution >= 4 is 0 Å². The average molecular weight is 443 g/mol. The van der Waals surface area contributed by atoms with E-state index >= 15 is 0 Å². The maximum atomic E-state index is 9.85. The molecule has 1 aliphatic heterocycles. The Balaban J connectivity index is 1.75. The van der Waals surface area contributed by atoms with E-state index in [4.69, 9.17) is 9.47 Å². The van der Waals surface area contributed by atoms with E-state index in [1.165, 1.54) is 96.3 Å². The van der Waals surface area contributed by atoms with Gasteiger partial charge in [0.25, 0.3) is 0 Å². The molecule has 3 N–H and O–H groups in total. The van der Waals surface area contributed by atoms with Gasteiger partial charge in [0.2, 0.25) is 0 Å². The van der Waals surface area contributed by atoms with E-state index in [9.17, 15) is 15.3 Å². The molecule has 0 spiro atoms. The minimum absolute atomic E-state index is 0.0444. The van der Waals surface area contributed by atoms with Gasteiger partial charge < -0.3 is 24.8 Å². The summed E-state index contributed by atoms with van der Waals surface area (Å²) >= 11 is 0. The quantitative estimate of drug-likeness (QED) is 0.176. The molecule has 31 heavy (non-hydrogen) atoms. The minimum Gasteiger partial charge on any atom is -0.388 e. The third-order valence-corrected chi connectivity index (χ3v) is 6.19. The van der Waals surface area contributed by atoms with E-state index in [1.54, 1.807) is 0 Å². The zero-order valence-corrected chi connectivity index (χ0v) is 20.1. The van der Waals surface area contributed by atoms with E-state index in [2.05, 4.69) is 19.1 Å². The highest BCUT2D eigenvalue weighted by Gasteiger charge is 2.37. The van der Waals surface area contributed by atoms with E-state index in [0.717, 1.165) is 6.42 Å². The number of ether oxygens (including phenoxy) is 2. The zero-order chi connectivity index (χ0) is 22.6. The maximum absolute atomic E-state index is 9.85. The van der Waals surface area contributed by atoms with Gasteiger partial charge in [-0.3, -0.25) is 0 Å². The lowest BCUT2D eigenvalue weighted by atomic mass is 10.0. The first kappa shape index (κ1) is 28.6. The first-order valence-corrected chi connectivity index (χ1v) is 13.0. The summed E-state index contributed by atoms with van der Waals surface area (Å²) in [5.41, 5.74) is 0. The van der Waals surface area contributed by atoms with Crippen molar-refractivity contribution in [3.8, 4) is 0 Å². The molecule has 0 aromatic heterocycles. The van der Waals surface area contributed by atoms with E-state index < -0.39 is 24.4 Å². The van der Waals surface area contributed by atoms with Crippen molar-refractivity contribution in [3.05, 3.63) is 12.2 Å². The summed E-state index contributed by atoms with van der Waals surface area (Å²) in [6.45, 7) is 3.22. The van der Waals surface area contributed by atoms with Crippen molar-refractivity contribution in [2.75, 3.05) is 19.8 Å². The molecular weight excluding hydrogens is 392 g/mol. The molecule has 1 aliphatic rings. The van der Waals surface area contributed by atoms with Gasteiger partial charge in [-0.05, 0) is 32.1 Å². The van der Waals surface area contributed by atoms with Crippen molar-refractivity contribution in [2.45, 2.75) is 134 Å². The summed E-state index contributed by atoms with van der Waals surface area (Å²) in [4.78, 5) is 0. The predicted octanol–water partition coefficient (Wildman–Crippen LogP) is 5.30. The van der Waals surface area contributed by atoms with E-state index in [-0.39, 0.29) is 13.2 Å². The van der Waals surface area contributed by atoms with Crippen LogP contribution in [-0.4, -0.2) is 59.6 Å². The monoisotopic (exact) mass is 442 g/mol. The maximum Gasteiger partial charge on any atom is 0.111 e. The summed E-state index contributed by atoms with van der Waals surface area (Å²) in [5.74, 6) is 0. The fourth-order valence-electron chi connectivity index (χ4n) is 4.02. The molecule has 0 aliphatic carbocycles. The number of aliphatic hydroxyl groups excluding tert-OH is 3. The Bertz CT molecular complexity index is 415. The Hall–Kier alpha value is -0.460. The van der Waals surface area contributed by atoms with Crippen LogP contribution in [0.3, 0.4) is 0 Å². The average Bonchev–Trinajstić information content (AvgIpc) is 2.77. The molecule has 4 atom stereocenters. The van der Waals surface area contributed by atoms with Crippen molar-refractivity contribution in [1.29, 1.82) is 0 Å². The van der Waals surface area contributed by atoms with Crippen LogP contribution in [0.5, 0.6) is 0 Å². The van der Waals surface area contributed by atoms with Crippen LogP contribution in [-0.2, 0) is 9.47 Å². The van der Waals surface area contributed by atoms with Gasteiger partial charge in [0.15, 0.2) is 0 Å². The Kier molecular flexibility index (Phi) is 18.6. The van der Waals surface area contributed by atoms with E-state index in [0.29, 0.717) is 6.61 Å². The number of allylic oxidation sites excluding steroid dienone is 2. The van der Waals surface area contributed by atoms with Crippen molar-refractivity contribution in [3.63, 3.8) is 0 Å². The molecule has 0 aromatic carbocycles. The smallest absolute Gasteiger partial charge is 0.111 e. The molecule has 0 unspecified atom stereocenters. The second-order valence-corrected chi connectivity index (χ2v) is 9.14. The summed E-state index contributed by atoms with van der Waals surface area (Å²) in [6, 6.07) is 0. The van der Waals surface area contributed by atoms with Gasteiger partial charge in [0.05, 0.1) is 13.2 Å². The molecule has 0 amide bonds. The van der Waals surface area contributed by atoms with Crippen LogP contribution in [0.15, 0.2) is 12.2 Å². The number of rotatable bonds is 20. The number of hydrogen-bond donors (Lipinski definition) is 3. The minimum atomic E-state index is -1.15. The highest BCUT2D eigenvalue weighted by atomic mass is 16.6. The van der Waals surface area contributed by atoms with Gasteiger partial charge in [0.1, 0.15) is 24.4 Å². The van der Waals surface area contributed by atoms with Crippen LogP contribution in [0.1, 0.15) is 110 Å². The van der Waals surface area contributed by atoms with Crippen molar-refractivity contribution in [1.82, 2.24) is 0 Å². The normalized spacial score (nSPS) is 24.3. The Morgan fingerprint density at radius 2 is 1.23 bits per heavy atom. The summed E-state index contributed by atoms with van der Waals surface area (Å²) < 4.78 is 10.9. The van der Waals surface area contributed by atoms with Gasteiger partial charge >= 0.3 is 0 Å². The van der Waals surface area contributed by atoms with Gasteiger partial charge in [-0.2, -0.15) is 0 Å². The SMILES string of the molecule is CCCCC/C=C/CCCCCCCCCCCCCOC[C@H]1OC[C@H](O)[C@@H](O)[C@@H]1O. The van der Waals surface area contributed by atoms with Crippen molar-refractivity contribution < 1.29 is 24.8 Å². The topological polar surface area (TPSA) is 79.2 Å². The second-order valence-electron chi connectivity index (χ2n) is 9.14. The molecule has 0 aromatic rings. The molecule has 1 rings (SSSR count). The number of hydrogen-bond acceptors (Lipinski definition) is 5. The Morgan fingerprint density at radius 1 is 0.710 bits per heavy atom. The van der Waals surface area contributed by atoms with Crippen LogP contribution < -0.4 is 0 Å². The lowest BCUT2D eigenvalue weighted by Gasteiger charge is -2.35. The molecule has 1 fully saturated rings. The molecule has 0 saturated carbocycles. The molecule has 0 bridgehead atoms. The Labute approximate surface area is 191 Å². The Morgan fingerprint density at radius 3 is 1.81 bits per heavy atom. The molecule has 0 radical (unpaired) electrons. The first-order chi connectivity index (χ1) is 15.2. The van der Waals surface area contributed by atoms with E-state index in [1.807, 2.05) is 0 Å². The van der Waals surface area contributed by atoms with Crippen LogP contribution in [0, 0.1) is 0 Å². The van der Waals surface area contributed by atoms with Crippen LogP contribution >= 0.6 is 0 Å². The lowest BCUT2D eigenvalue weighted by Crippen LogP contribution is -2.54. The van der Waals surface area contributed by atoms with Gasteiger partial charge in [0, 0.05) is 6.61 Å². The third kappa shape index (κ3) is 15.1. The molecule has 184 valence electrons. The zero-order valence-electron chi connectivity index (χ0n) is 20.1. The second kappa shape index (κ2) is 20.2. The molecule has 1 heterocycles. The molecule has 5 nitrogen and oxygen atoms in total. The standard InChI is InChI=1S/C26H50O5/c1-2-3-4-5-6-7-8-9-10-11-12-13-14-15-16-17-18-19-20-30-22-24-26(29)25(28)23(27)21-31-24/h6-7,23-29H,2-5,8-22H2,1H3/b7-6+/t23-,24+,25+,26+/m0/s1. The first-order valence-electron chi connectivity index (χ1n) is 13.0. The lowest BCUT2D eigenvalue weighted by molar-refractivity contribution is -0.199. The van der Waals surface area contributed by atoms with Crippen LogP contribution in [0.2, 0.25) is 0 Å². The molecule has 5 heteroatoms. The molecule has 1 saturated heterocycles. The summed E-state index contributed by atoms with van der Waals surface area (Å²) in [5, 5.41) is 28.9. The largest absolute Gasteiger partial charge is 0.388 e. The van der Waals surface area contributed by atoms with Crippen LogP contribution in [0.4, 0.5) is 0 Å². The number of aliphatic hydroxyl groups is 3.